The number of hydrogen-bond acceptors (Lipinski definition) is 2. The molecule has 1 heterocycles. The number of anilines is 1. The molecule has 0 saturated carbocycles. The van der Waals surface area contributed by atoms with Gasteiger partial charge in [-0.15, -0.1) is 0 Å². The molecule has 0 aliphatic carbocycles. The summed E-state index contributed by atoms with van der Waals surface area (Å²) >= 11 is 2.29. The van der Waals surface area contributed by atoms with Gasteiger partial charge in [0.15, 0.2) is 0 Å². The minimum Gasteiger partial charge on any atom is -0.362 e. The van der Waals surface area contributed by atoms with E-state index in [9.17, 15) is 4.79 Å². The highest BCUT2D eigenvalue weighted by Gasteiger charge is 2.21. The van der Waals surface area contributed by atoms with Crippen molar-refractivity contribution >= 4 is 34.6 Å². The first-order valence-electron chi connectivity index (χ1n) is 5.29. The van der Waals surface area contributed by atoms with Crippen LogP contribution in [0.5, 0.6) is 0 Å². The van der Waals surface area contributed by atoms with Crippen molar-refractivity contribution < 1.29 is 4.79 Å². The summed E-state index contributed by atoms with van der Waals surface area (Å²) in [5.74, 6) is 0. The van der Waals surface area contributed by atoms with Gasteiger partial charge in [-0.05, 0) is 66.1 Å². The number of hydrogen-bond donors (Lipinski definition) is 0. The van der Waals surface area contributed by atoms with E-state index in [4.69, 9.17) is 0 Å². The number of carbonyl (C=O) groups is 1. The summed E-state index contributed by atoms with van der Waals surface area (Å²) in [6.07, 6.45) is 4.44. The Morgan fingerprint density at radius 3 is 2.67 bits per heavy atom. The second-order valence-corrected chi connectivity index (χ2v) is 5.11. The van der Waals surface area contributed by atoms with Crippen LogP contribution in [0.25, 0.3) is 0 Å². The zero-order valence-electron chi connectivity index (χ0n) is 8.53. The first-order valence-corrected chi connectivity index (χ1v) is 6.36. The number of aldehydes is 1. The van der Waals surface area contributed by atoms with Gasteiger partial charge in [0.1, 0.15) is 6.29 Å². The van der Waals surface area contributed by atoms with Crippen molar-refractivity contribution in [3.63, 3.8) is 0 Å². The molecule has 15 heavy (non-hydrogen) atoms. The van der Waals surface area contributed by atoms with Crippen LogP contribution in [0.1, 0.15) is 19.3 Å². The molecule has 0 bridgehead atoms. The lowest BCUT2D eigenvalue weighted by atomic mass is 10.0. The Hall–Kier alpha value is -0.580. The zero-order chi connectivity index (χ0) is 10.7. The van der Waals surface area contributed by atoms with E-state index in [1.165, 1.54) is 22.1 Å². The fraction of sp³-hybridized carbons (Fsp3) is 0.417. The second kappa shape index (κ2) is 4.96. The third kappa shape index (κ3) is 2.51. The Morgan fingerprint density at radius 1 is 1.27 bits per heavy atom. The second-order valence-electron chi connectivity index (χ2n) is 3.87. The molecule has 3 heteroatoms. The molecule has 0 N–H and O–H groups in total. The molecule has 1 aromatic rings. The minimum absolute atomic E-state index is 0.0822. The molecule has 2 nitrogen and oxygen atoms in total. The number of carbonyl (C=O) groups excluding carboxylic acids is 1. The van der Waals surface area contributed by atoms with E-state index < -0.39 is 0 Å². The van der Waals surface area contributed by atoms with E-state index in [1.54, 1.807) is 0 Å². The largest absolute Gasteiger partial charge is 0.362 e. The Bertz CT molecular complexity index is 336. The van der Waals surface area contributed by atoms with Crippen molar-refractivity contribution in [3.05, 3.63) is 27.8 Å². The van der Waals surface area contributed by atoms with Gasteiger partial charge in [0.05, 0.1) is 6.04 Å². The van der Waals surface area contributed by atoms with Crippen LogP contribution in [0.4, 0.5) is 5.69 Å². The molecule has 1 fully saturated rings. The number of rotatable bonds is 2. The van der Waals surface area contributed by atoms with Crippen LogP contribution < -0.4 is 4.90 Å². The average Bonchev–Trinajstić information content (AvgIpc) is 2.30. The molecule has 0 spiro atoms. The molecule has 1 aromatic carbocycles. The van der Waals surface area contributed by atoms with E-state index >= 15 is 0 Å². The molecule has 1 unspecified atom stereocenters. The van der Waals surface area contributed by atoms with Gasteiger partial charge in [-0.25, -0.2) is 0 Å². The standard InChI is InChI=1S/C12H14INO/c13-10-4-6-11(7-5-10)14-8-2-1-3-12(14)9-15/h4-7,9,12H,1-3,8H2. The van der Waals surface area contributed by atoms with E-state index in [1.807, 2.05) is 0 Å². The highest BCUT2D eigenvalue weighted by molar-refractivity contribution is 14.1. The third-order valence-corrected chi connectivity index (χ3v) is 3.58. The lowest BCUT2D eigenvalue weighted by Crippen LogP contribution is -2.40. The predicted octanol–water partition coefficient (Wildman–Crippen LogP) is 2.85. The fourth-order valence-corrected chi connectivity index (χ4v) is 2.41. The van der Waals surface area contributed by atoms with Crippen LogP contribution in [-0.4, -0.2) is 18.9 Å². The molecule has 80 valence electrons. The summed E-state index contributed by atoms with van der Waals surface area (Å²) in [6, 6.07) is 8.46. The number of piperidine rings is 1. The molecule has 0 amide bonds. The normalized spacial score (nSPS) is 21.4. The molecular formula is C12H14INO. The lowest BCUT2D eigenvalue weighted by Gasteiger charge is -2.34. The minimum atomic E-state index is 0.0822. The quantitative estimate of drug-likeness (QED) is 0.618. The predicted molar refractivity (Wildman–Crippen MR) is 70.2 cm³/mol. The summed E-state index contributed by atoms with van der Waals surface area (Å²) < 4.78 is 1.23. The number of benzene rings is 1. The SMILES string of the molecule is O=CC1CCCCN1c1ccc(I)cc1. The van der Waals surface area contributed by atoms with Crippen LogP contribution in [0, 0.1) is 3.57 Å². The maximum Gasteiger partial charge on any atom is 0.142 e. The molecule has 0 radical (unpaired) electrons. The first-order chi connectivity index (χ1) is 7.31. The Morgan fingerprint density at radius 2 is 2.00 bits per heavy atom. The van der Waals surface area contributed by atoms with Gasteiger partial charge in [-0.3, -0.25) is 0 Å². The van der Waals surface area contributed by atoms with Crippen LogP contribution in [0.2, 0.25) is 0 Å². The maximum atomic E-state index is 11.0. The van der Waals surface area contributed by atoms with Crippen LogP contribution in [0.15, 0.2) is 24.3 Å². The number of halogens is 1. The van der Waals surface area contributed by atoms with Crippen molar-refractivity contribution in [2.24, 2.45) is 0 Å². The van der Waals surface area contributed by atoms with Gasteiger partial charge in [0.2, 0.25) is 0 Å². The highest BCUT2D eigenvalue weighted by atomic mass is 127. The van der Waals surface area contributed by atoms with Gasteiger partial charge in [-0.2, -0.15) is 0 Å². The summed E-state index contributed by atoms with van der Waals surface area (Å²) in [5, 5.41) is 0. The first kappa shape index (κ1) is 10.9. The van der Waals surface area contributed by atoms with Crippen molar-refractivity contribution in [1.82, 2.24) is 0 Å². The monoisotopic (exact) mass is 315 g/mol. The Balaban J connectivity index is 2.20. The van der Waals surface area contributed by atoms with Gasteiger partial charge >= 0.3 is 0 Å². The van der Waals surface area contributed by atoms with Crippen LogP contribution >= 0.6 is 22.6 Å². The molecular weight excluding hydrogens is 301 g/mol. The number of nitrogens with zero attached hydrogens (tertiary/aromatic N) is 1. The summed E-state index contributed by atoms with van der Waals surface area (Å²) in [5.41, 5.74) is 1.17. The Labute approximate surface area is 104 Å². The molecule has 2 rings (SSSR count). The van der Waals surface area contributed by atoms with E-state index in [0.717, 1.165) is 19.3 Å². The van der Waals surface area contributed by atoms with Gasteiger partial charge in [0.25, 0.3) is 0 Å². The van der Waals surface area contributed by atoms with Crippen molar-refractivity contribution in [3.8, 4) is 0 Å². The van der Waals surface area contributed by atoms with Gasteiger partial charge < -0.3 is 9.69 Å². The van der Waals surface area contributed by atoms with E-state index in [2.05, 4.69) is 51.8 Å². The molecule has 1 aliphatic heterocycles. The maximum absolute atomic E-state index is 11.0. The fourth-order valence-electron chi connectivity index (χ4n) is 2.05. The molecule has 1 saturated heterocycles. The lowest BCUT2D eigenvalue weighted by molar-refractivity contribution is -0.109. The molecule has 1 atom stereocenters. The van der Waals surface area contributed by atoms with Crippen molar-refractivity contribution in [1.29, 1.82) is 0 Å². The zero-order valence-corrected chi connectivity index (χ0v) is 10.7. The smallest absolute Gasteiger partial charge is 0.142 e. The Kier molecular flexibility index (Phi) is 3.61. The van der Waals surface area contributed by atoms with E-state index in [0.29, 0.717) is 0 Å². The topological polar surface area (TPSA) is 20.3 Å². The summed E-state index contributed by atoms with van der Waals surface area (Å²) in [7, 11) is 0. The van der Waals surface area contributed by atoms with Gasteiger partial charge in [-0.1, -0.05) is 0 Å². The molecule has 0 aromatic heterocycles. The van der Waals surface area contributed by atoms with Crippen LogP contribution in [0.3, 0.4) is 0 Å². The van der Waals surface area contributed by atoms with Crippen molar-refractivity contribution in [2.75, 3.05) is 11.4 Å². The van der Waals surface area contributed by atoms with E-state index in [-0.39, 0.29) is 6.04 Å². The van der Waals surface area contributed by atoms with Crippen molar-refractivity contribution in [2.45, 2.75) is 25.3 Å². The summed E-state index contributed by atoms with van der Waals surface area (Å²) in [6.45, 7) is 1.00. The highest BCUT2D eigenvalue weighted by Crippen LogP contribution is 2.24. The van der Waals surface area contributed by atoms with Gasteiger partial charge in [0, 0.05) is 15.8 Å². The third-order valence-electron chi connectivity index (χ3n) is 2.86. The molecule has 1 aliphatic rings. The average molecular weight is 315 g/mol. The summed E-state index contributed by atoms with van der Waals surface area (Å²) in [4.78, 5) is 13.2. The van der Waals surface area contributed by atoms with Crippen LogP contribution in [-0.2, 0) is 4.79 Å².